The largest absolute Gasteiger partial charge is 0.348 e. The minimum atomic E-state index is -0.416. The molecule has 0 bridgehead atoms. The van der Waals surface area contributed by atoms with E-state index in [9.17, 15) is 9.18 Å². The molecule has 0 unspecified atom stereocenters. The number of rotatable bonds is 0. The van der Waals surface area contributed by atoms with Gasteiger partial charge in [0.1, 0.15) is 5.82 Å². The third-order valence-corrected chi connectivity index (χ3v) is 1.68. The van der Waals surface area contributed by atoms with Gasteiger partial charge in [-0.05, 0) is 0 Å². The van der Waals surface area contributed by atoms with Crippen molar-refractivity contribution in [3.8, 4) is 0 Å². The summed E-state index contributed by atoms with van der Waals surface area (Å²) < 4.78 is 12.8. The first kappa shape index (κ1) is 6.27. The fourth-order valence-corrected chi connectivity index (χ4v) is 1.10. The Morgan fingerprint density at radius 2 is 2.36 bits per heavy atom. The summed E-state index contributed by atoms with van der Waals surface area (Å²) in [6.45, 7) is 0.280. The fraction of sp³-hybridized carbons (Fsp3) is 0.143. The molecule has 1 aliphatic heterocycles. The summed E-state index contributed by atoms with van der Waals surface area (Å²) in [5.41, 5.74) is 0.773. The molecular formula is C7H5FN2O. The van der Waals surface area contributed by atoms with Gasteiger partial charge in [0.05, 0.1) is 11.8 Å². The lowest BCUT2D eigenvalue weighted by Gasteiger charge is -1.93. The number of carbonyl (C=O) groups is 1. The highest BCUT2D eigenvalue weighted by atomic mass is 19.1. The van der Waals surface area contributed by atoms with Gasteiger partial charge in [0.2, 0.25) is 0 Å². The summed E-state index contributed by atoms with van der Waals surface area (Å²) >= 11 is 0. The second-order valence-corrected chi connectivity index (χ2v) is 2.33. The Morgan fingerprint density at radius 1 is 1.55 bits per heavy atom. The number of aromatic nitrogens is 1. The Hall–Kier alpha value is -1.45. The van der Waals surface area contributed by atoms with Crippen LogP contribution in [0.5, 0.6) is 0 Å². The van der Waals surface area contributed by atoms with E-state index in [4.69, 9.17) is 0 Å². The lowest BCUT2D eigenvalue weighted by atomic mass is 10.2. The highest BCUT2D eigenvalue weighted by molar-refractivity contribution is 5.97. The monoisotopic (exact) mass is 152 g/mol. The Balaban J connectivity index is 2.66. The SMILES string of the molecule is O=C1NCc2c(F)cncc21. The highest BCUT2D eigenvalue weighted by Crippen LogP contribution is 2.16. The van der Waals surface area contributed by atoms with Crippen molar-refractivity contribution in [2.24, 2.45) is 0 Å². The lowest BCUT2D eigenvalue weighted by molar-refractivity contribution is 0.0965. The van der Waals surface area contributed by atoms with E-state index in [1.165, 1.54) is 6.20 Å². The summed E-state index contributed by atoms with van der Waals surface area (Å²) in [7, 11) is 0. The van der Waals surface area contributed by atoms with Crippen molar-refractivity contribution >= 4 is 5.91 Å². The molecule has 3 nitrogen and oxygen atoms in total. The molecule has 4 heteroatoms. The van der Waals surface area contributed by atoms with E-state index in [2.05, 4.69) is 10.3 Å². The molecule has 0 radical (unpaired) electrons. The predicted molar refractivity (Wildman–Crippen MR) is 35.4 cm³/mol. The second kappa shape index (κ2) is 2.02. The van der Waals surface area contributed by atoms with Crippen LogP contribution in [-0.2, 0) is 6.54 Å². The maximum atomic E-state index is 12.8. The normalized spacial score (nSPS) is 14.5. The van der Waals surface area contributed by atoms with Crippen LogP contribution in [0.25, 0.3) is 0 Å². The van der Waals surface area contributed by atoms with Crippen LogP contribution in [-0.4, -0.2) is 10.9 Å². The molecule has 1 amide bonds. The van der Waals surface area contributed by atoms with Gasteiger partial charge in [-0.1, -0.05) is 0 Å². The summed E-state index contributed by atoms with van der Waals surface area (Å²) in [5.74, 6) is -0.659. The van der Waals surface area contributed by atoms with E-state index in [1.54, 1.807) is 0 Å². The number of nitrogens with one attached hydrogen (secondary N) is 1. The maximum Gasteiger partial charge on any atom is 0.253 e. The summed E-state index contributed by atoms with van der Waals surface area (Å²) in [6.07, 6.45) is 2.49. The summed E-state index contributed by atoms with van der Waals surface area (Å²) in [6, 6.07) is 0. The summed E-state index contributed by atoms with van der Waals surface area (Å²) in [5, 5.41) is 2.51. The van der Waals surface area contributed by atoms with Crippen molar-refractivity contribution in [1.29, 1.82) is 0 Å². The van der Waals surface area contributed by atoms with E-state index in [1.807, 2.05) is 0 Å². The Morgan fingerprint density at radius 3 is 3.09 bits per heavy atom. The number of hydrogen-bond acceptors (Lipinski definition) is 2. The number of halogens is 1. The third kappa shape index (κ3) is 0.790. The van der Waals surface area contributed by atoms with E-state index in [0.29, 0.717) is 11.1 Å². The van der Waals surface area contributed by atoms with Crippen LogP contribution in [0.15, 0.2) is 12.4 Å². The van der Waals surface area contributed by atoms with Gasteiger partial charge >= 0.3 is 0 Å². The molecule has 1 aromatic heterocycles. The molecule has 56 valence electrons. The van der Waals surface area contributed by atoms with Gasteiger partial charge in [0.15, 0.2) is 0 Å². The van der Waals surface area contributed by atoms with Gasteiger partial charge in [-0.25, -0.2) is 4.39 Å². The average molecular weight is 152 g/mol. The maximum absolute atomic E-state index is 12.8. The van der Waals surface area contributed by atoms with Gasteiger partial charge < -0.3 is 5.32 Å². The molecule has 0 atom stereocenters. The number of hydrogen-bond donors (Lipinski definition) is 1. The number of carbonyl (C=O) groups excluding carboxylic acids is 1. The minimum absolute atomic E-state index is 0.244. The van der Waals surface area contributed by atoms with Crippen molar-refractivity contribution in [2.75, 3.05) is 0 Å². The zero-order chi connectivity index (χ0) is 7.84. The van der Waals surface area contributed by atoms with Gasteiger partial charge in [-0.3, -0.25) is 9.78 Å². The number of fused-ring (bicyclic) bond motifs is 1. The van der Waals surface area contributed by atoms with Gasteiger partial charge in [0, 0.05) is 18.3 Å². The van der Waals surface area contributed by atoms with Crippen LogP contribution in [0.2, 0.25) is 0 Å². The molecule has 11 heavy (non-hydrogen) atoms. The third-order valence-electron chi connectivity index (χ3n) is 1.68. The van der Waals surface area contributed by atoms with Crippen molar-refractivity contribution in [3.05, 3.63) is 29.3 Å². The van der Waals surface area contributed by atoms with Crippen molar-refractivity contribution < 1.29 is 9.18 Å². The second-order valence-electron chi connectivity index (χ2n) is 2.33. The van der Waals surface area contributed by atoms with Crippen LogP contribution >= 0.6 is 0 Å². The quantitative estimate of drug-likeness (QED) is 0.587. The molecule has 0 fully saturated rings. The van der Waals surface area contributed by atoms with E-state index in [0.717, 1.165) is 6.20 Å². The molecule has 2 rings (SSSR count). The molecule has 1 aliphatic rings. The lowest BCUT2D eigenvalue weighted by Crippen LogP contribution is -2.12. The van der Waals surface area contributed by atoms with Gasteiger partial charge in [-0.15, -0.1) is 0 Å². The first-order valence-electron chi connectivity index (χ1n) is 3.19. The van der Waals surface area contributed by atoms with Crippen molar-refractivity contribution in [3.63, 3.8) is 0 Å². The van der Waals surface area contributed by atoms with E-state index >= 15 is 0 Å². The molecule has 0 aliphatic carbocycles. The van der Waals surface area contributed by atoms with Gasteiger partial charge in [0.25, 0.3) is 5.91 Å². The molecular weight excluding hydrogens is 147 g/mol. The van der Waals surface area contributed by atoms with Crippen molar-refractivity contribution in [2.45, 2.75) is 6.54 Å². The highest BCUT2D eigenvalue weighted by Gasteiger charge is 2.21. The molecule has 0 saturated carbocycles. The topological polar surface area (TPSA) is 42.0 Å². The molecule has 1 N–H and O–H groups in total. The van der Waals surface area contributed by atoms with Crippen LogP contribution in [0, 0.1) is 5.82 Å². The Kier molecular flexibility index (Phi) is 1.15. The molecule has 0 aromatic carbocycles. The standard InChI is InChI=1S/C7H5FN2O/c8-6-3-9-1-5-4(6)2-10-7(5)11/h1,3H,2H2,(H,10,11). The number of nitrogens with zero attached hydrogens (tertiary/aromatic N) is 1. The summed E-state index contributed by atoms with van der Waals surface area (Å²) in [4.78, 5) is 14.5. The van der Waals surface area contributed by atoms with Crippen LogP contribution in [0.3, 0.4) is 0 Å². The van der Waals surface area contributed by atoms with Crippen LogP contribution < -0.4 is 5.32 Å². The molecule has 1 aromatic rings. The minimum Gasteiger partial charge on any atom is -0.348 e. The first-order chi connectivity index (χ1) is 5.29. The Labute approximate surface area is 62.3 Å². The van der Waals surface area contributed by atoms with E-state index < -0.39 is 5.82 Å². The first-order valence-corrected chi connectivity index (χ1v) is 3.19. The molecule has 2 heterocycles. The molecule has 0 saturated heterocycles. The predicted octanol–water partition coefficient (Wildman–Crippen LogP) is 0.464. The van der Waals surface area contributed by atoms with Crippen molar-refractivity contribution in [1.82, 2.24) is 10.3 Å². The average Bonchev–Trinajstić information content (AvgIpc) is 2.35. The Bertz CT molecular complexity index is 324. The smallest absolute Gasteiger partial charge is 0.253 e. The van der Waals surface area contributed by atoms with Gasteiger partial charge in [-0.2, -0.15) is 0 Å². The number of pyridine rings is 1. The van der Waals surface area contributed by atoms with E-state index in [-0.39, 0.29) is 12.5 Å². The fourth-order valence-electron chi connectivity index (χ4n) is 1.10. The molecule has 0 spiro atoms. The zero-order valence-electron chi connectivity index (χ0n) is 5.60. The van der Waals surface area contributed by atoms with Crippen LogP contribution in [0.1, 0.15) is 15.9 Å². The zero-order valence-corrected chi connectivity index (χ0v) is 5.60. The number of amides is 1. The van der Waals surface area contributed by atoms with Crippen LogP contribution in [0.4, 0.5) is 4.39 Å².